The first-order valence-corrected chi connectivity index (χ1v) is 7.14. The Morgan fingerprint density at radius 1 is 1.12 bits per heavy atom. The average molecular weight is 241 g/mol. The number of ether oxygens (including phenoxy) is 1. The molecule has 4 nitrogen and oxygen atoms in total. The van der Waals surface area contributed by atoms with Crippen molar-refractivity contribution in [1.82, 2.24) is 9.80 Å². The summed E-state index contributed by atoms with van der Waals surface area (Å²) in [5.41, 5.74) is 5.54. The molecule has 1 unspecified atom stereocenters. The van der Waals surface area contributed by atoms with Crippen LogP contribution in [0.2, 0.25) is 0 Å². The Balaban J connectivity index is 1.69. The number of nitrogens with two attached hydrogens (primary N) is 1. The summed E-state index contributed by atoms with van der Waals surface area (Å²) in [6, 6.07) is 0.694. The monoisotopic (exact) mass is 241 g/mol. The molecule has 0 saturated carbocycles. The maximum Gasteiger partial charge on any atom is 0.0622 e. The van der Waals surface area contributed by atoms with Crippen molar-refractivity contribution < 1.29 is 4.74 Å². The van der Waals surface area contributed by atoms with Crippen LogP contribution in [0.25, 0.3) is 0 Å². The van der Waals surface area contributed by atoms with E-state index in [1.165, 1.54) is 52.0 Å². The maximum absolute atomic E-state index is 5.54. The zero-order valence-electron chi connectivity index (χ0n) is 10.9. The van der Waals surface area contributed by atoms with Gasteiger partial charge in [0, 0.05) is 25.7 Å². The molecule has 17 heavy (non-hydrogen) atoms. The van der Waals surface area contributed by atoms with E-state index < -0.39 is 0 Å². The van der Waals surface area contributed by atoms with Crippen LogP contribution in [-0.4, -0.2) is 68.3 Å². The zero-order valence-corrected chi connectivity index (χ0v) is 10.9. The molecular formula is C13H27N3O. The van der Waals surface area contributed by atoms with Gasteiger partial charge in [-0.25, -0.2) is 0 Å². The number of hydrogen-bond acceptors (Lipinski definition) is 4. The van der Waals surface area contributed by atoms with Gasteiger partial charge >= 0.3 is 0 Å². The van der Waals surface area contributed by atoms with Gasteiger partial charge in [0.2, 0.25) is 0 Å². The molecule has 0 aliphatic carbocycles. The summed E-state index contributed by atoms with van der Waals surface area (Å²) in [5.74, 6) is 0. The molecule has 0 amide bonds. The van der Waals surface area contributed by atoms with E-state index in [1.807, 2.05) is 0 Å². The van der Waals surface area contributed by atoms with E-state index in [4.69, 9.17) is 10.5 Å². The van der Waals surface area contributed by atoms with Crippen molar-refractivity contribution in [1.29, 1.82) is 0 Å². The molecule has 2 fully saturated rings. The molecular weight excluding hydrogens is 214 g/mol. The lowest BCUT2D eigenvalue weighted by Gasteiger charge is -2.26. The van der Waals surface area contributed by atoms with Crippen molar-refractivity contribution in [3.05, 3.63) is 0 Å². The number of rotatable bonds is 5. The Hall–Kier alpha value is -0.160. The predicted molar refractivity (Wildman–Crippen MR) is 70.1 cm³/mol. The van der Waals surface area contributed by atoms with Crippen LogP contribution in [0.15, 0.2) is 0 Å². The molecule has 2 rings (SSSR count). The van der Waals surface area contributed by atoms with Crippen molar-refractivity contribution in [2.24, 2.45) is 5.73 Å². The summed E-state index contributed by atoms with van der Waals surface area (Å²) in [4.78, 5) is 5.24. The Morgan fingerprint density at radius 2 is 2.06 bits per heavy atom. The smallest absolute Gasteiger partial charge is 0.0622 e. The minimum Gasteiger partial charge on any atom is -0.380 e. The van der Waals surface area contributed by atoms with E-state index in [0.29, 0.717) is 6.04 Å². The van der Waals surface area contributed by atoms with Crippen LogP contribution in [-0.2, 0) is 4.74 Å². The Labute approximate surface area is 105 Å². The Bertz CT molecular complexity index is 207. The number of nitrogens with zero attached hydrogens (tertiary/aromatic N) is 2. The topological polar surface area (TPSA) is 41.7 Å². The lowest BCUT2D eigenvalue weighted by molar-refractivity contribution is 0.145. The van der Waals surface area contributed by atoms with Crippen molar-refractivity contribution in [2.45, 2.75) is 31.7 Å². The van der Waals surface area contributed by atoms with Crippen LogP contribution in [0.1, 0.15) is 25.7 Å². The third-order valence-electron chi connectivity index (χ3n) is 3.97. The summed E-state index contributed by atoms with van der Waals surface area (Å²) >= 11 is 0. The first kappa shape index (κ1) is 13.3. The van der Waals surface area contributed by atoms with E-state index >= 15 is 0 Å². The third-order valence-corrected chi connectivity index (χ3v) is 3.97. The van der Waals surface area contributed by atoms with Crippen LogP contribution in [0, 0.1) is 0 Å². The largest absolute Gasteiger partial charge is 0.380 e. The van der Waals surface area contributed by atoms with Crippen LogP contribution >= 0.6 is 0 Å². The highest BCUT2D eigenvalue weighted by molar-refractivity contribution is 4.79. The number of unbranched alkanes of at least 4 members (excludes halogenated alkanes) is 1. The molecule has 1 atom stereocenters. The van der Waals surface area contributed by atoms with Crippen LogP contribution < -0.4 is 5.73 Å². The van der Waals surface area contributed by atoms with E-state index in [1.54, 1.807) is 0 Å². The Kier molecular flexibility index (Phi) is 5.71. The van der Waals surface area contributed by atoms with Gasteiger partial charge in [-0.2, -0.15) is 0 Å². The molecule has 0 aromatic carbocycles. The Morgan fingerprint density at radius 3 is 2.82 bits per heavy atom. The fourth-order valence-corrected chi connectivity index (χ4v) is 2.87. The fourth-order valence-electron chi connectivity index (χ4n) is 2.87. The lowest BCUT2D eigenvalue weighted by Crippen LogP contribution is -2.38. The zero-order chi connectivity index (χ0) is 11.9. The molecule has 0 aromatic heterocycles. The summed E-state index contributed by atoms with van der Waals surface area (Å²) in [5, 5.41) is 0. The average Bonchev–Trinajstić information content (AvgIpc) is 2.77. The van der Waals surface area contributed by atoms with Gasteiger partial charge in [0.25, 0.3) is 0 Å². The van der Waals surface area contributed by atoms with Gasteiger partial charge in [-0.3, -0.25) is 4.90 Å². The molecule has 4 heteroatoms. The minimum absolute atomic E-state index is 0.694. The van der Waals surface area contributed by atoms with E-state index in [0.717, 1.165) is 26.2 Å². The molecule has 2 saturated heterocycles. The highest BCUT2D eigenvalue weighted by Gasteiger charge is 2.24. The van der Waals surface area contributed by atoms with Gasteiger partial charge < -0.3 is 15.4 Å². The highest BCUT2D eigenvalue weighted by Crippen LogP contribution is 2.15. The highest BCUT2D eigenvalue weighted by atomic mass is 16.5. The van der Waals surface area contributed by atoms with Gasteiger partial charge in [-0.1, -0.05) is 0 Å². The lowest BCUT2D eigenvalue weighted by atomic mass is 10.2. The van der Waals surface area contributed by atoms with Crippen molar-refractivity contribution in [3.8, 4) is 0 Å². The van der Waals surface area contributed by atoms with Crippen LogP contribution in [0.5, 0.6) is 0 Å². The van der Waals surface area contributed by atoms with Gasteiger partial charge in [-0.05, 0) is 51.9 Å². The second kappa shape index (κ2) is 7.31. The first-order chi connectivity index (χ1) is 8.40. The fraction of sp³-hybridized carbons (Fsp3) is 1.00. The molecule has 2 aliphatic rings. The van der Waals surface area contributed by atoms with Crippen molar-refractivity contribution in [2.75, 3.05) is 52.5 Å². The summed E-state index contributed by atoms with van der Waals surface area (Å²) in [6.07, 6.45) is 4.95. The van der Waals surface area contributed by atoms with Crippen molar-refractivity contribution in [3.63, 3.8) is 0 Å². The second-order valence-electron chi connectivity index (χ2n) is 5.24. The van der Waals surface area contributed by atoms with Gasteiger partial charge in [-0.15, -0.1) is 0 Å². The molecule has 2 heterocycles. The normalized spacial score (nSPS) is 28.4. The van der Waals surface area contributed by atoms with Gasteiger partial charge in [0.15, 0.2) is 0 Å². The van der Waals surface area contributed by atoms with Crippen LogP contribution in [0.4, 0.5) is 0 Å². The SMILES string of the molecule is NCCCCN1CCCN(C2CCOC2)CC1. The molecule has 2 aliphatic heterocycles. The van der Waals surface area contributed by atoms with Gasteiger partial charge in [0.05, 0.1) is 6.61 Å². The molecule has 0 bridgehead atoms. The summed E-state index contributed by atoms with van der Waals surface area (Å²) in [6.45, 7) is 8.92. The van der Waals surface area contributed by atoms with E-state index in [-0.39, 0.29) is 0 Å². The molecule has 100 valence electrons. The second-order valence-corrected chi connectivity index (χ2v) is 5.24. The van der Waals surface area contributed by atoms with E-state index in [2.05, 4.69) is 9.80 Å². The molecule has 2 N–H and O–H groups in total. The quantitative estimate of drug-likeness (QED) is 0.713. The minimum atomic E-state index is 0.694. The molecule has 0 radical (unpaired) electrons. The standard InChI is InChI=1S/C13H27N3O/c14-5-1-2-6-15-7-3-8-16(10-9-15)13-4-11-17-12-13/h13H,1-12,14H2. The molecule has 0 aromatic rings. The van der Waals surface area contributed by atoms with E-state index in [9.17, 15) is 0 Å². The predicted octanol–water partition coefficient (Wildman–Crippen LogP) is 0.522. The van der Waals surface area contributed by atoms with Gasteiger partial charge in [0.1, 0.15) is 0 Å². The molecule has 0 spiro atoms. The first-order valence-electron chi connectivity index (χ1n) is 7.14. The summed E-state index contributed by atoms with van der Waals surface area (Å²) in [7, 11) is 0. The maximum atomic E-state index is 5.54. The van der Waals surface area contributed by atoms with Crippen LogP contribution in [0.3, 0.4) is 0 Å². The van der Waals surface area contributed by atoms with Crippen molar-refractivity contribution >= 4 is 0 Å². The number of hydrogen-bond donors (Lipinski definition) is 1. The third kappa shape index (κ3) is 4.21. The summed E-state index contributed by atoms with van der Waals surface area (Å²) < 4.78 is 5.49.